The quantitative estimate of drug-likeness (QED) is 0.0378. The van der Waals surface area contributed by atoms with Crippen LogP contribution in [0.25, 0.3) is 32.3 Å². The SMILES string of the molecule is CCOc1cc(N=Nc2ccc3cccc(S(=O)(=O)O)c3c2)c2ccccc2c1N=Nc1c(S(=O)(=O)O)cc2cc(S(=O)(=O)O)cc(N=C(C)O)c2c1O. The summed E-state index contributed by atoms with van der Waals surface area (Å²) in [5, 5.41) is 39.1. The number of hydrogen-bond acceptors (Lipinski definition) is 13. The van der Waals surface area contributed by atoms with Crippen molar-refractivity contribution in [3.8, 4) is 11.5 Å². The van der Waals surface area contributed by atoms with E-state index in [9.17, 15) is 49.1 Å². The molecule has 54 heavy (non-hydrogen) atoms. The molecular weight excluding hydrogens is 767 g/mol. The molecule has 0 spiro atoms. The number of nitrogens with zero attached hydrogens (tertiary/aromatic N) is 5. The molecule has 0 fully saturated rings. The summed E-state index contributed by atoms with van der Waals surface area (Å²) in [6, 6.07) is 19.6. The van der Waals surface area contributed by atoms with Crippen LogP contribution in [0.4, 0.5) is 28.4 Å². The van der Waals surface area contributed by atoms with Crippen molar-refractivity contribution >= 4 is 97.0 Å². The molecule has 6 aromatic rings. The zero-order chi connectivity index (χ0) is 39.2. The van der Waals surface area contributed by atoms with Gasteiger partial charge >= 0.3 is 0 Å². The molecule has 0 unspecified atom stereocenters. The largest absolute Gasteiger partial charge is 0.505 e. The molecule has 6 aromatic carbocycles. The van der Waals surface area contributed by atoms with Crippen molar-refractivity contribution in [1.82, 2.24) is 0 Å². The number of fused-ring (bicyclic) bond motifs is 3. The molecule has 0 heterocycles. The molecule has 0 aromatic heterocycles. The van der Waals surface area contributed by atoms with E-state index < -0.39 is 63.2 Å². The summed E-state index contributed by atoms with van der Waals surface area (Å²) in [6.07, 6.45) is 0. The van der Waals surface area contributed by atoms with E-state index in [4.69, 9.17) is 4.74 Å². The molecule has 0 aliphatic rings. The van der Waals surface area contributed by atoms with Gasteiger partial charge in [0.15, 0.2) is 11.6 Å². The first-order valence-electron chi connectivity index (χ1n) is 15.4. The number of phenols is 1. The van der Waals surface area contributed by atoms with Gasteiger partial charge in [0, 0.05) is 29.1 Å². The van der Waals surface area contributed by atoms with Crippen molar-refractivity contribution in [3.63, 3.8) is 0 Å². The number of benzene rings is 6. The Morgan fingerprint density at radius 2 is 1.33 bits per heavy atom. The maximum atomic E-state index is 12.6. The fourth-order valence-corrected chi connectivity index (χ4v) is 7.54. The molecular formula is C34H27N5O12S3. The Morgan fingerprint density at radius 1 is 0.648 bits per heavy atom. The van der Waals surface area contributed by atoms with E-state index in [1.165, 1.54) is 24.3 Å². The van der Waals surface area contributed by atoms with Crippen molar-refractivity contribution in [2.45, 2.75) is 28.5 Å². The number of aliphatic imine (C=N–C) groups is 1. The van der Waals surface area contributed by atoms with E-state index in [0.717, 1.165) is 25.1 Å². The minimum Gasteiger partial charge on any atom is -0.505 e. The van der Waals surface area contributed by atoms with Crippen LogP contribution in [0.3, 0.4) is 0 Å². The number of azo groups is 2. The highest BCUT2D eigenvalue weighted by molar-refractivity contribution is 7.86. The molecule has 17 nitrogen and oxygen atoms in total. The van der Waals surface area contributed by atoms with E-state index in [-0.39, 0.29) is 50.5 Å². The van der Waals surface area contributed by atoms with Crippen molar-refractivity contribution in [2.24, 2.45) is 25.4 Å². The second kappa shape index (κ2) is 14.2. The normalized spacial score (nSPS) is 13.2. The maximum Gasteiger partial charge on any atom is 0.296 e. The Kier molecular flexibility index (Phi) is 9.92. The Balaban J connectivity index is 1.54. The topological polar surface area (TPSA) is 275 Å². The number of hydrogen-bond donors (Lipinski definition) is 5. The fraction of sp³-hybridized carbons (Fsp3) is 0.0882. The van der Waals surface area contributed by atoms with Gasteiger partial charge in [0.2, 0.25) is 0 Å². The monoisotopic (exact) mass is 793 g/mol. The van der Waals surface area contributed by atoms with Crippen LogP contribution in [0.1, 0.15) is 13.8 Å². The van der Waals surface area contributed by atoms with Crippen LogP contribution in [-0.2, 0) is 30.4 Å². The maximum absolute atomic E-state index is 12.6. The molecule has 0 bridgehead atoms. The van der Waals surface area contributed by atoms with Gasteiger partial charge in [-0.15, -0.1) is 15.3 Å². The molecule has 0 aliphatic carbocycles. The van der Waals surface area contributed by atoms with Crippen molar-refractivity contribution in [2.75, 3.05) is 6.61 Å². The van der Waals surface area contributed by atoms with E-state index >= 15 is 0 Å². The minimum atomic E-state index is -5.18. The molecule has 0 radical (unpaired) electrons. The van der Waals surface area contributed by atoms with Gasteiger partial charge < -0.3 is 14.9 Å². The number of ether oxygens (including phenoxy) is 1. The lowest BCUT2D eigenvalue weighted by molar-refractivity contribution is 0.342. The first kappa shape index (κ1) is 37.8. The van der Waals surface area contributed by atoms with E-state index in [0.29, 0.717) is 16.2 Å². The third-order valence-corrected chi connectivity index (χ3v) is 10.5. The molecule has 5 N–H and O–H groups in total. The van der Waals surface area contributed by atoms with Gasteiger partial charge in [0.25, 0.3) is 30.4 Å². The molecule has 0 saturated heterocycles. The summed E-state index contributed by atoms with van der Waals surface area (Å²) >= 11 is 0. The molecule has 0 aliphatic heterocycles. The van der Waals surface area contributed by atoms with Crippen molar-refractivity contribution < 1.29 is 53.9 Å². The zero-order valence-electron chi connectivity index (χ0n) is 27.8. The number of aliphatic hydroxyl groups is 1. The molecule has 0 saturated carbocycles. The van der Waals surface area contributed by atoms with Crippen LogP contribution in [0.2, 0.25) is 0 Å². The van der Waals surface area contributed by atoms with Crippen LogP contribution in [0.5, 0.6) is 11.5 Å². The minimum absolute atomic E-state index is 0.0295. The van der Waals surface area contributed by atoms with Crippen molar-refractivity contribution in [1.29, 1.82) is 0 Å². The van der Waals surface area contributed by atoms with Crippen LogP contribution < -0.4 is 4.74 Å². The first-order chi connectivity index (χ1) is 25.4. The van der Waals surface area contributed by atoms with Gasteiger partial charge in [-0.25, -0.2) is 4.99 Å². The molecule has 278 valence electrons. The second-order valence-electron chi connectivity index (χ2n) is 11.5. The highest BCUT2D eigenvalue weighted by atomic mass is 32.2. The molecule has 20 heteroatoms. The van der Waals surface area contributed by atoms with Crippen LogP contribution in [0, 0.1) is 0 Å². The predicted molar refractivity (Wildman–Crippen MR) is 198 cm³/mol. The number of phenolic OH excluding ortho intramolecular Hbond substituents is 1. The third kappa shape index (κ3) is 7.60. The Bertz CT molecular complexity index is 2960. The molecule has 0 atom stereocenters. The van der Waals surface area contributed by atoms with Gasteiger partial charge in [-0.2, -0.15) is 30.4 Å². The summed E-state index contributed by atoms with van der Waals surface area (Å²) in [6.45, 7) is 2.92. The second-order valence-corrected chi connectivity index (χ2v) is 15.7. The van der Waals surface area contributed by atoms with Gasteiger partial charge in [-0.1, -0.05) is 42.5 Å². The Hall–Kier alpha value is -5.90. The van der Waals surface area contributed by atoms with Gasteiger partial charge in [0.05, 0.1) is 34.0 Å². The average molecular weight is 794 g/mol. The summed E-state index contributed by atoms with van der Waals surface area (Å²) in [4.78, 5) is 1.76. The van der Waals surface area contributed by atoms with E-state index in [2.05, 4.69) is 25.4 Å². The summed E-state index contributed by atoms with van der Waals surface area (Å²) in [5.74, 6) is -1.43. The highest BCUT2D eigenvalue weighted by Crippen LogP contribution is 2.48. The van der Waals surface area contributed by atoms with Crippen LogP contribution >= 0.6 is 0 Å². The van der Waals surface area contributed by atoms with Crippen LogP contribution in [0.15, 0.2) is 125 Å². The summed E-state index contributed by atoms with van der Waals surface area (Å²) < 4.78 is 108. The predicted octanol–water partition coefficient (Wildman–Crippen LogP) is 8.43. The Labute approximate surface area is 306 Å². The lowest BCUT2D eigenvalue weighted by Gasteiger charge is -2.13. The van der Waals surface area contributed by atoms with Gasteiger partial charge in [0.1, 0.15) is 26.9 Å². The summed E-state index contributed by atoms with van der Waals surface area (Å²) in [5.41, 5.74) is -0.640. The Morgan fingerprint density at radius 3 is 1.98 bits per heavy atom. The molecule has 0 amide bonds. The lowest BCUT2D eigenvalue weighted by atomic mass is 10.1. The van der Waals surface area contributed by atoms with E-state index in [1.807, 2.05) is 0 Å². The molecule has 6 rings (SSSR count). The zero-order valence-corrected chi connectivity index (χ0v) is 30.3. The number of aliphatic hydroxyl groups excluding tert-OH is 1. The average Bonchev–Trinajstić information content (AvgIpc) is 3.08. The summed E-state index contributed by atoms with van der Waals surface area (Å²) in [7, 11) is -14.6. The fourth-order valence-electron chi connectivity index (χ4n) is 5.64. The van der Waals surface area contributed by atoms with E-state index in [1.54, 1.807) is 49.4 Å². The number of aromatic hydroxyl groups is 1. The standard InChI is InChI=1S/C34H27N5O12S3/c1-3-51-28-17-26(37-36-21-12-11-19-7-6-10-29(25(19)15-21)53(45,46)47)23-8-4-5-9-24(23)32(28)38-39-33-30(54(48,49)50)14-20-13-22(52(42,43)44)16-27(35-18(2)40)31(20)34(33)41/h4-17,41H,3H2,1-2H3,(H,35,40)(H,42,43,44)(H,45,46,47)(H,48,49,50). The third-order valence-electron chi connectivity index (χ3n) is 7.85. The number of rotatable bonds is 10. The van der Waals surface area contributed by atoms with Crippen molar-refractivity contribution in [3.05, 3.63) is 84.9 Å². The highest BCUT2D eigenvalue weighted by Gasteiger charge is 2.26. The first-order valence-corrected chi connectivity index (χ1v) is 19.7. The van der Waals surface area contributed by atoms with Gasteiger partial charge in [-0.3, -0.25) is 13.7 Å². The smallest absolute Gasteiger partial charge is 0.296 e. The van der Waals surface area contributed by atoms with Crippen LogP contribution in [-0.4, -0.2) is 61.6 Å². The van der Waals surface area contributed by atoms with Gasteiger partial charge in [-0.05, 0) is 54.1 Å². The lowest BCUT2D eigenvalue weighted by Crippen LogP contribution is -2.01.